The third-order valence-electron chi connectivity index (χ3n) is 3.27. The van der Waals surface area contributed by atoms with Crippen molar-refractivity contribution in [1.29, 1.82) is 5.26 Å². The second-order valence-electron chi connectivity index (χ2n) is 6.85. The summed E-state index contributed by atoms with van der Waals surface area (Å²) in [4.78, 5) is 14.0. The van der Waals surface area contributed by atoms with Crippen LogP contribution in [0.15, 0.2) is 40.9 Å². The molecule has 2 N–H and O–H groups in total. The van der Waals surface area contributed by atoms with Crippen molar-refractivity contribution < 1.29 is 17.8 Å². The summed E-state index contributed by atoms with van der Waals surface area (Å²) in [6, 6.07) is 7.08. The molecule has 0 atom stereocenters. The maximum Gasteiger partial charge on any atom is 0.294 e. The molecule has 0 unspecified atom stereocenters. The zero-order chi connectivity index (χ0) is 19.9. The van der Waals surface area contributed by atoms with E-state index in [1.165, 1.54) is 24.4 Å². The van der Waals surface area contributed by atoms with Crippen LogP contribution in [0.2, 0.25) is 0 Å². The first kappa shape index (κ1) is 21.7. The molecule has 0 radical (unpaired) electrons. The number of carbonyl (C=O) groups is 1. The van der Waals surface area contributed by atoms with Gasteiger partial charge in [0, 0.05) is 25.0 Å². The molecule has 0 aliphatic heterocycles. The summed E-state index contributed by atoms with van der Waals surface area (Å²) in [5.74, 6) is 0.0800. The fourth-order valence-corrected chi connectivity index (χ4v) is 2.90. The Balaban J connectivity index is 3.03. The molecule has 0 saturated heterocycles. The molecule has 1 aromatic rings. The molecule has 26 heavy (non-hydrogen) atoms. The van der Waals surface area contributed by atoms with Crippen LogP contribution in [0.4, 0.5) is 5.69 Å². The lowest BCUT2D eigenvalue weighted by Crippen LogP contribution is -2.28. The summed E-state index contributed by atoms with van der Waals surface area (Å²) in [7, 11) is -4.37. The topological polar surface area (TPSA) is 111 Å². The van der Waals surface area contributed by atoms with Gasteiger partial charge in [-0.1, -0.05) is 33.8 Å². The molecule has 1 amide bonds. The first-order valence-corrected chi connectivity index (χ1v) is 9.71. The molecule has 0 spiro atoms. The minimum atomic E-state index is -4.37. The smallest absolute Gasteiger partial charge is 0.294 e. The van der Waals surface area contributed by atoms with Gasteiger partial charge in [0.25, 0.3) is 16.0 Å². The maximum atomic E-state index is 12.4. The van der Waals surface area contributed by atoms with E-state index in [1.54, 1.807) is 0 Å². The Hall–Kier alpha value is -2.37. The van der Waals surface area contributed by atoms with E-state index in [2.05, 4.69) is 5.32 Å². The molecule has 0 saturated carbocycles. The van der Waals surface area contributed by atoms with Crippen molar-refractivity contribution >= 4 is 21.7 Å². The van der Waals surface area contributed by atoms with Gasteiger partial charge < -0.3 is 10.2 Å². The van der Waals surface area contributed by atoms with Crippen molar-refractivity contribution in [1.82, 2.24) is 4.90 Å². The van der Waals surface area contributed by atoms with Crippen molar-refractivity contribution in [3.05, 3.63) is 36.0 Å². The highest BCUT2D eigenvalue weighted by Crippen LogP contribution is 2.16. The van der Waals surface area contributed by atoms with Crippen LogP contribution in [-0.4, -0.2) is 36.9 Å². The van der Waals surface area contributed by atoms with Gasteiger partial charge >= 0.3 is 0 Å². The lowest BCUT2D eigenvalue weighted by atomic mass is 10.1. The molecule has 0 aliphatic rings. The van der Waals surface area contributed by atoms with Crippen molar-refractivity contribution in [2.75, 3.05) is 18.4 Å². The largest absolute Gasteiger partial charge is 0.376 e. The minimum Gasteiger partial charge on any atom is -0.376 e. The highest BCUT2D eigenvalue weighted by atomic mass is 32.2. The number of anilines is 1. The molecular weight excluding hydrogens is 354 g/mol. The summed E-state index contributed by atoms with van der Waals surface area (Å²) >= 11 is 0. The van der Waals surface area contributed by atoms with Crippen LogP contribution in [0.1, 0.15) is 27.7 Å². The van der Waals surface area contributed by atoms with E-state index in [1.807, 2.05) is 38.7 Å². The second-order valence-corrected chi connectivity index (χ2v) is 8.27. The van der Waals surface area contributed by atoms with Crippen LogP contribution in [0.3, 0.4) is 0 Å². The number of nitrogens with zero attached hydrogens (tertiary/aromatic N) is 2. The van der Waals surface area contributed by atoms with E-state index in [9.17, 15) is 18.5 Å². The monoisotopic (exact) mass is 379 g/mol. The number of amides is 1. The summed E-state index contributed by atoms with van der Waals surface area (Å²) in [5.41, 5.74) is 0.0918. The maximum absolute atomic E-state index is 12.4. The predicted octanol–water partition coefficient (Wildman–Crippen LogP) is 2.89. The Labute approximate surface area is 155 Å². The van der Waals surface area contributed by atoms with Crippen molar-refractivity contribution in [2.24, 2.45) is 11.8 Å². The van der Waals surface area contributed by atoms with Gasteiger partial charge in [0.05, 0.1) is 4.90 Å². The van der Waals surface area contributed by atoms with E-state index in [0.717, 1.165) is 6.07 Å². The summed E-state index contributed by atoms with van der Waals surface area (Å²) in [6.45, 7) is 9.61. The van der Waals surface area contributed by atoms with Gasteiger partial charge in [0.15, 0.2) is 0 Å². The van der Waals surface area contributed by atoms with Crippen LogP contribution in [0.25, 0.3) is 0 Å². The van der Waals surface area contributed by atoms with Crippen LogP contribution in [0, 0.1) is 23.2 Å². The Morgan fingerprint density at radius 1 is 1.27 bits per heavy atom. The Morgan fingerprint density at radius 3 is 2.31 bits per heavy atom. The molecule has 1 aromatic carbocycles. The van der Waals surface area contributed by atoms with Gasteiger partial charge in [0.2, 0.25) is 0 Å². The molecule has 0 fully saturated rings. The van der Waals surface area contributed by atoms with Crippen LogP contribution in [0.5, 0.6) is 0 Å². The first-order chi connectivity index (χ1) is 12.0. The summed E-state index contributed by atoms with van der Waals surface area (Å²) in [5, 5.41) is 11.8. The number of rotatable bonds is 8. The molecular formula is C18H25N3O4S. The van der Waals surface area contributed by atoms with Gasteiger partial charge in [-0.15, -0.1) is 0 Å². The van der Waals surface area contributed by atoms with Crippen LogP contribution < -0.4 is 5.32 Å². The van der Waals surface area contributed by atoms with Gasteiger partial charge in [0.1, 0.15) is 11.6 Å². The lowest BCUT2D eigenvalue weighted by molar-refractivity contribution is -0.112. The fourth-order valence-electron chi connectivity index (χ4n) is 2.37. The first-order valence-electron chi connectivity index (χ1n) is 8.27. The van der Waals surface area contributed by atoms with Gasteiger partial charge in [-0.25, -0.2) is 0 Å². The molecule has 0 bridgehead atoms. The number of hydrogen-bond acceptors (Lipinski definition) is 5. The predicted molar refractivity (Wildman–Crippen MR) is 99.8 cm³/mol. The number of nitrogens with one attached hydrogen (secondary N) is 1. The molecule has 7 nitrogen and oxygen atoms in total. The van der Waals surface area contributed by atoms with Crippen molar-refractivity contribution in [3.8, 4) is 6.07 Å². The number of carbonyl (C=O) groups excluding carboxylic acids is 1. The third-order valence-corrected chi connectivity index (χ3v) is 4.12. The number of nitriles is 1. The van der Waals surface area contributed by atoms with Crippen molar-refractivity contribution in [2.45, 2.75) is 32.6 Å². The van der Waals surface area contributed by atoms with E-state index >= 15 is 0 Å². The zero-order valence-electron chi connectivity index (χ0n) is 15.4. The molecule has 8 heteroatoms. The average Bonchev–Trinajstić information content (AvgIpc) is 2.50. The molecule has 0 aliphatic carbocycles. The second kappa shape index (κ2) is 9.36. The van der Waals surface area contributed by atoms with E-state index < -0.39 is 16.0 Å². The quantitative estimate of drug-likeness (QED) is 0.408. The Bertz CT molecular complexity index is 798. The average molecular weight is 379 g/mol. The summed E-state index contributed by atoms with van der Waals surface area (Å²) in [6.07, 6.45) is 1.53. The molecule has 0 heterocycles. The minimum absolute atomic E-state index is 0.0800. The van der Waals surface area contributed by atoms with Crippen LogP contribution >= 0.6 is 0 Å². The van der Waals surface area contributed by atoms with Gasteiger partial charge in [-0.05, 0) is 30.0 Å². The molecule has 0 aromatic heterocycles. The zero-order valence-corrected chi connectivity index (χ0v) is 16.2. The van der Waals surface area contributed by atoms with Gasteiger partial charge in [-0.3, -0.25) is 9.35 Å². The Kier molecular flexibility index (Phi) is 7.80. The highest BCUT2D eigenvalue weighted by Gasteiger charge is 2.15. The fraction of sp³-hybridized carbons (Fsp3) is 0.444. The number of benzene rings is 1. The van der Waals surface area contributed by atoms with Crippen molar-refractivity contribution in [3.63, 3.8) is 0 Å². The number of hydrogen-bond donors (Lipinski definition) is 2. The SMILES string of the molecule is CC(C)CN(/C=C(/C#N)C(=O)Nc1cccc(S(=O)(=O)O)c1)CC(C)C. The van der Waals surface area contributed by atoms with Crippen LogP contribution in [-0.2, 0) is 14.9 Å². The van der Waals surface area contributed by atoms with E-state index in [0.29, 0.717) is 24.9 Å². The summed E-state index contributed by atoms with van der Waals surface area (Å²) < 4.78 is 31.4. The van der Waals surface area contributed by atoms with E-state index in [-0.39, 0.29) is 16.2 Å². The third kappa shape index (κ3) is 7.25. The molecule has 142 valence electrons. The standard InChI is InChI=1S/C18H25N3O4S/c1-13(2)10-21(11-14(3)4)12-15(9-19)18(22)20-16-6-5-7-17(8-16)26(23,24)25/h5-8,12-14H,10-11H2,1-4H3,(H,20,22)(H,23,24,25)/b15-12-. The van der Waals surface area contributed by atoms with E-state index in [4.69, 9.17) is 4.55 Å². The molecule has 1 rings (SSSR count). The normalized spacial score (nSPS) is 12.2. The van der Waals surface area contributed by atoms with Gasteiger partial charge in [-0.2, -0.15) is 13.7 Å². The lowest BCUT2D eigenvalue weighted by Gasteiger charge is -2.25. The highest BCUT2D eigenvalue weighted by molar-refractivity contribution is 7.85. The Morgan fingerprint density at radius 2 is 1.85 bits per heavy atom.